The first-order chi connectivity index (χ1) is 17.4. The van der Waals surface area contributed by atoms with Crippen LogP contribution in [0.5, 0.6) is 0 Å². The lowest BCUT2D eigenvalue weighted by molar-refractivity contribution is -0.0317. The van der Waals surface area contributed by atoms with Crippen molar-refractivity contribution in [2.24, 2.45) is 0 Å². The predicted octanol–water partition coefficient (Wildman–Crippen LogP) is 6.26. The van der Waals surface area contributed by atoms with Gasteiger partial charge in [0.05, 0.1) is 16.8 Å². The molecule has 0 aliphatic carbocycles. The molecule has 2 aromatic rings. The molecule has 4 nitrogen and oxygen atoms in total. The minimum absolute atomic E-state index is 0.0782. The number of rotatable bonds is 7. The molecule has 2 fully saturated rings. The Morgan fingerprint density at radius 2 is 1.41 bits per heavy atom. The summed E-state index contributed by atoms with van der Waals surface area (Å²) in [5, 5.41) is 10.8. The van der Waals surface area contributed by atoms with Crippen LogP contribution in [-0.2, 0) is 19.5 Å². The van der Waals surface area contributed by atoms with Crippen LogP contribution in [0.15, 0.2) is 42.5 Å². The summed E-state index contributed by atoms with van der Waals surface area (Å²) >= 11 is 0. The first-order valence-corrected chi connectivity index (χ1v) is 13.9. The molecule has 4 rings (SSSR count). The molecule has 0 spiro atoms. The Bertz CT molecular complexity index is 1120. The van der Waals surface area contributed by atoms with Crippen LogP contribution >= 0.6 is 0 Å². The Morgan fingerprint density at radius 3 is 1.92 bits per heavy atom. The summed E-state index contributed by atoms with van der Waals surface area (Å²) in [6, 6.07) is 13.6. The van der Waals surface area contributed by atoms with Crippen molar-refractivity contribution in [1.29, 1.82) is 0 Å². The van der Waals surface area contributed by atoms with E-state index in [-0.39, 0.29) is 23.7 Å². The molecule has 37 heavy (non-hydrogen) atoms. The number of hydrogen-bond donors (Lipinski definition) is 1. The summed E-state index contributed by atoms with van der Waals surface area (Å²) in [4.78, 5) is 0. The summed E-state index contributed by atoms with van der Waals surface area (Å²) in [5.74, 6) is 0. The zero-order valence-electron chi connectivity index (χ0n) is 24.1. The largest absolute Gasteiger partial charge is 0.495 e. The second-order valence-corrected chi connectivity index (χ2v) is 12.1. The second kappa shape index (κ2) is 10.3. The quantitative estimate of drug-likeness (QED) is 0.452. The number of ether oxygens (including phenoxy) is 1. The number of aliphatic hydroxyl groups is 1. The first kappa shape index (κ1) is 28.1. The standard InChI is InChI=1S/C32H45BO4/c1-9-32(10-2,26-12-11-25(23(3)21-26)15-16-31(34)17-19-35-20-18-31)27-13-14-28(24(4)22-27)33-36-29(5,6)30(7,8)37-33/h11-16,21-22,34H,9-10,17-20H2,1-8H3/b16-15+. The Labute approximate surface area is 224 Å². The Kier molecular flexibility index (Phi) is 7.85. The van der Waals surface area contributed by atoms with Gasteiger partial charge < -0.3 is 19.2 Å². The van der Waals surface area contributed by atoms with Crippen molar-refractivity contribution in [3.63, 3.8) is 0 Å². The van der Waals surface area contributed by atoms with Gasteiger partial charge in [0.15, 0.2) is 0 Å². The molecular formula is C32H45BO4. The van der Waals surface area contributed by atoms with Crippen LogP contribution in [0.4, 0.5) is 0 Å². The molecule has 1 N–H and O–H groups in total. The predicted molar refractivity (Wildman–Crippen MR) is 153 cm³/mol. The minimum Gasteiger partial charge on any atom is -0.399 e. The maximum atomic E-state index is 10.8. The molecule has 2 heterocycles. The molecule has 2 saturated heterocycles. The molecule has 0 saturated carbocycles. The highest BCUT2D eigenvalue weighted by Crippen LogP contribution is 2.41. The molecule has 0 amide bonds. The number of hydrogen-bond acceptors (Lipinski definition) is 4. The van der Waals surface area contributed by atoms with Gasteiger partial charge in [-0.05, 0) is 82.1 Å². The average molecular weight is 505 g/mol. The van der Waals surface area contributed by atoms with Gasteiger partial charge in [0.1, 0.15) is 0 Å². The Balaban J connectivity index is 1.63. The van der Waals surface area contributed by atoms with Gasteiger partial charge in [-0.2, -0.15) is 0 Å². The van der Waals surface area contributed by atoms with Crippen LogP contribution in [0, 0.1) is 13.8 Å². The molecule has 200 valence electrons. The lowest BCUT2D eigenvalue weighted by Crippen LogP contribution is -2.41. The van der Waals surface area contributed by atoms with E-state index in [1.165, 1.54) is 22.3 Å². The minimum atomic E-state index is -0.767. The molecule has 2 aliphatic heterocycles. The van der Waals surface area contributed by atoms with E-state index in [1.54, 1.807) is 0 Å². The maximum absolute atomic E-state index is 10.8. The topological polar surface area (TPSA) is 47.9 Å². The average Bonchev–Trinajstić information content (AvgIpc) is 3.06. The van der Waals surface area contributed by atoms with Crippen molar-refractivity contribution >= 4 is 18.7 Å². The first-order valence-electron chi connectivity index (χ1n) is 13.9. The van der Waals surface area contributed by atoms with Crippen LogP contribution in [0.1, 0.15) is 95.0 Å². The van der Waals surface area contributed by atoms with E-state index in [0.29, 0.717) is 26.1 Å². The van der Waals surface area contributed by atoms with Gasteiger partial charge in [0.25, 0.3) is 0 Å². The van der Waals surface area contributed by atoms with Gasteiger partial charge in [0.2, 0.25) is 0 Å². The van der Waals surface area contributed by atoms with E-state index >= 15 is 0 Å². The molecule has 0 unspecified atom stereocenters. The highest BCUT2D eigenvalue weighted by Gasteiger charge is 2.52. The number of aryl methyl sites for hydroxylation is 2. The molecular weight excluding hydrogens is 459 g/mol. The number of benzene rings is 2. The molecule has 0 radical (unpaired) electrons. The fraction of sp³-hybridized carbons (Fsp3) is 0.562. The molecule has 2 aliphatic rings. The summed E-state index contributed by atoms with van der Waals surface area (Å²) in [7, 11) is -0.351. The van der Waals surface area contributed by atoms with Crippen LogP contribution in [0.3, 0.4) is 0 Å². The maximum Gasteiger partial charge on any atom is 0.495 e. The molecule has 2 aromatic carbocycles. The third-order valence-corrected chi connectivity index (χ3v) is 9.29. The van der Waals surface area contributed by atoms with E-state index in [9.17, 15) is 5.11 Å². The molecule has 0 bridgehead atoms. The van der Waals surface area contributed by atoms with Gasteiger partial charge in [-0.15, -0.1) is 0 Å². The summed E-state index contributed by atoms with van der Waals surface area (Å²) < 4.78 is 18.1. The third kappa shape index (κ3) is 5.34. The van der Waals surface area contributed by atoms with Crippen LogP contribution in [0.25, 0.3) is 6.08 Å². The highest BCUT2D eigenvalue weighted by atomic mass is 16.7. The third-order valence-electron chi connectivity index (χ3n) is 9.29. The van der Waals surface area contributed by atoms with Crippen molar-refractivity contribution in [1.82, 2.24) is 0 Å². The summed E-state index contributed by atoms with van der Waals surface area (Å²) in [6.07, 6.45) is 7.35. The van der Waals surface area contributed by atoms with Gasteiger partial charge in [-0.1, -0.05) is 68.0 Å². The van der Waals surface area contributed by atoms with E-state index in [0.717, 1.165) is 23.9 Å². The molecule has 0 atom stereocenters. The van der Waals surface area contributed by atoms with Gasteiger partial charge >= 0.3 is 7.12 Å². The Hall–Kier alpha value is -1.92. The van der Waals surface area contributed by atoms with E-state index in [4.69, 9.17) is 14.0 Å². The van der Waals surface area contributed by atoms with Crippen molar-refractivity contribution in [2.45, 2.75) is 103 Å². The zero-order valence-corrected chi connectivity index (χ0v) is 24.1. The van der Waals surface area contributed by atoms with Crippen LogP contribution in [0.2, 0.25) is 0 Å². The molecule has 0 aromatic heterocycles. The normalized spacial score (nSPS) is 21.1. The van der Waals surface area contributed by atoms with Crippen molar-refractivity contribution < 1.29 is 19.2 Å². The van der Waals surface area contributed by atoms with Crippen molar-refractivity contribution in [3.8, 4) is 0 Å². The van der Waals surface area contributed by atoms with Gasteiger partial charge in [-0.3, -0.25) is 0 Å². The summed E-state index contributed by atoms with van der Waals surface area (Å²) in [6.45, 7) is 18.5. The molecule has 5 heteroatoms. The van der Waals surface area contributed by atoms with Crippen molar-refractivity contribution in [2.75, 3.05) is 13.2 Å². The fourth-order valence-corrected chi connectivity index (χ4v) is 5.74. The summed E-state index contributed by atoms with van der Waals surface area (Å²) in [5.41, 5.74) is 5.78. The second-order valence-electron chi connectivity index (χ2n) is 12.1. The van der Waals surface area contributed by atoms with Crippen LogP contribution in [-0.4, -0.2) is 42.2 Å². The highest BCUT2D eigenvalue weighted by molar-refractivity contribution is 6.62. The van der Waals surface area contributed by atoms with Gasteiger partial charge in [0, 0.05) is 31.5 Å². The van der Waals surface area contributed by atoms with Gasteiger partial charge in [-0.25, -0.2) is 0 Å². The SMILES string of the molecule is CCC(CC)(c1ccc(/C=C/C2(O)CCOCC2)c(C)c1)c1ccc(B2OC(C)(C)C(C)(C)O2)c(C)c1. The smallest absolute Gasteiger partial charge is 0.399 e. The lowest BCUT2D eigenvalue weighted by Gasteiger charge is -2.34. The Morgan fingerprint density at radius 1 is 0.865 bits per heavy atom. The van der Waals surface area contributed by atoms with E-state index in [2.05, 4.69) is 97.9 Å². The van der Waals surface area contributed by atoms with Crippen LogP contribution < -0.4 is 5.46 Å². The fourth-order valence-electron chi connectivity index (χ4n) is 5.74. The van der Waals surface area contributed by atoms with Crippen molar-refractivity contribution in [3.05, 3.63) is 70.3 Å². The van der Waals surface area contributed by atoms with E-state index < -0.39 is 5.60 Å². The monoisotopic (exact) mass is 504 g/mol. The van der Waals surface area contributed by atoms with E-state index in [1.807, 2.05) is 6.08 Å². The lowest BCUT2D eigenvalue weighted by atomic mass is 9.68. The zero-order chi connectivity index (χ0) is 27.1.